The van der Waals surface area contributed by atoms with Gasteiger partial charge in [-0.15, -0.1) is 0 Å². The second-order valence-corrected chi connectivity index (χ2v) is 11.1. The van der Waals surface area contributed by atoms with Crippen molar-refractivity contribution in [3.63, 3.8) is 0 Å². The third-order valence-electron chi connectivity index (χ3n) is 8.91. The molecule has 0 fully saturated rings. The van der Waals surface area contributed by atoms with Crippen LogP contribution in [0.1, 0.15) is 60.0 Å². The number of anilines is 2. The molecule has 4 aromatic carbocycles. The summed E-state index contributed by atoms with van der Waals surface area (Å²) >= 11 is 0. The maximum atomic E-state index is 13.5. The minimum Gasteiger partial charge on any atom is -0.493 e. The SMILES string of the molecule is COc1ccc([C@@H]2[C@@H]([C@H]3c4ccccc4N(C(C)=O)[C@@H]3c3ccc(OC)c(OC)c3)c3ccccc3N2C(C)=O)cc1OC. The zero-order valence-electron chi connectivity index (χ0n) is 25.7. The fourth-order valence-electron chi connectivity index (χ4n) is 7.24. The Kier molecular flexibility index (Phi) is 7.67. The Morgan fingerprint density at radius 3 is 1.23 bits per heavy atom. The molecular weight excluding hydrogens is 556 g/mol. The molecule has 44 heavy (non-hydrogen) atoms. The fourth-order valence-corrected chi connectivity index (χ4v) is 7.24. The first-order chi connectivity index (χ1) is 21.3. The van der Waals surface area contributed by atoms with Crippen molar-refractivity contribution in [2.75, 3.05) is 38.2 Å². The third kappa shape index (κ3) is 4.53. The van der Waals surface area contributed by atoms with Crippen LogP contribution in [0, 0.1) is 0 Å². The average Bonchev–Trinajstić information content (AvgIpc) is 3.57. The van der Waals surface area contributed by atoms with Gasteiger partial charge in [0.05, 0.1) is 40.5 Å². The van der Waals surface area contributed by atoms with Crippen LogP contribution in [-0.2, 0) is 9.59 Å². The molecule has 0 radical (unpaired) electrons. The molecule has 0 spiro atoms. The highest BCUT2D eigenvalue weighted by Gasteiger charge is 2.53. The number of methoxy groups -OCH3 is 4. The largest absolute Gasteiger partial charge is 0.493 e. The van der Waals surface area contributed by atoms with Crippen molar-refractivity contribution < 1.29 is 28.5 Å². The van der Waals surface area contributed by atoms with E-state index in [0.717, 1.165) is 33.6 Å². The van der Waals surface area contributed by atoms with Gasteiger partial charge in [-0.1, -0.05) is 48.5 Å². The number of hydrogen-bond donors (Lipinski definition) is 0. The quantitative estimate of drug-likeness (QED) is 0.235. The fraction of sp³-hybridized carbons (Fsp3) is 0.278. The van der Waals surface area contributed by atoms with E-state index >= 15 is 0 Å². The topological polar surface area (TPSA) is 77.5 Å². The van der Waals surface area contributed by atoms with E-state index < -0.39 is 12.1 Å². The van der Waals surface area contributed by atoms with Gasteiger partial charge in [-0.2, -0.15) is 0 Å². The smallest absolute Gasteiger partial charge is 0.224 e. The number of carbonyl (C=O) groups is 2. The van der Waals surface area contributed by atoms with E-state index in [0.29, 0.717) is 23.0 Å². The molecule has 226 valence electrons. The van der Waals surface area contributed by atoms with Gasteiger partial charge >= 0.3 is 0 Å². The molecule has 2 heterocycles. The van der Waals surface area contributed by atoms with E-state index in [2.05, 4.69) is 12.1 Å². The van der Waals surface area contributed by atoms with E-state index in [9.17, 15) is 9.59 Å². The van der Waals surface area contributed by atoms with E-state index in [1.807, 2.05) is 82.6 Å². The summed E-state index contributed by atoms with van der Waals surface area (Å²) in [6, 6.07) is 27.0. The molecule has 0 unspecified atom stereocenters. The van der Waals surface area contributed by atoms with Gasteiger partial charge in [0.1, 0.15) is 0 Å². The lowest BCUT2D eigenvalue weighted by molar-refractivity contribution is -0.118. The minimum atomic E-state index is -0.391. The number of ether oxygens (including phenoxy) is 4. The van der Waals surface area contributed by atoms with Crippen LogP contribution in [0.15, 0.2) is 84.9 Å². The highest BCUT2D eigenvalue weighted by atomic mass is 16.5. The Hall–Kier alpha value is -4.98. The summed E-state index contributed by atoms with van der Waals surface area (Å²) in [5, 5.41) is 0. The van der Waals surface area contributed by atoms with Gasteiger partial charge in [0.15, 0.2) is 23.0 Å². The molecule has 4 atom stereocenters. The number of para-hydroxylation sites is 2. The number of rotatable bonds is 7. The summed E-state index contributed by atoms with van der Waals surface area (Å²) in [7, 11) is 6.42. The Balaban J connectivity index is 1.64. The molecule has 2 aliphatic rings. The summed E-state index contributed by atoms with van der Waals surface area (Å²) in [4.78, 5) is 30.8. The van der Waals surface area contributed by atoms with Crippen LogP contribution in [0.25, 0.3) is 0 Å². The van der Waals surface area contributed by atoms with Gasteiger partial charge in [0.25, 0.3) is 0 Å². The molecule has 0 saturated carbocycles. The molecule has 2 amide bonds. The molecule has 0 saturated heterocycles. The van der Waals surface area contributed by atoms with Crippen molar-refractivity contribution in [2.24, 2.45) is 0 Å². The van der Waals surface area contributed by atoms with Crippen molar-refractivity contribution in [3.05, 3.63) is 107 Å². The molecular formula is C36H36N2O6. The second kappa shape index (κ2) is 11.6. The molecule has 2 aliphatic heterocycles. The first kappa shape index (κ1) is 29.1. The lowest BCUT2D eigenvalue weighted by Gasteiger charge is -2.36. The molecule has 8 nitrogen and oxygen atoms in total. The predicted octanol–water partition coefficient (Wildman–Crippen LogP) is 6.80. The number of nitrogens with zero attached hydrogens (tertiary/aromatic N) is 2. The van der Waals surface area contributed by atoms with Crippen molar-refractivity contribution >= 4 is 23.2 Å². The van der Waals surface area contributed by atoms with Crippen LogP contribution in [-0.4, -0.2) is 40.3 Å². The molecule has 0 aliphatic carbocycles. The summed E-state index contributed by atoms with van der Waals surface area (Å²) in [5.41, 5.74) is 5.60. The normalized spacial score (nSPS) is 20.1. The molecule has 8 heteroatoms. The third-order valence-corrected chi connectivity index (χ3v) is 8.91. The summed E-state index contributed by atoms with van der Waals surface area (Å²) in [6.07, 6.45) is 0. The van der Waals surface area contributed by atoms with E-state index in [1.165, 1.54) is 0 Å². The van der Waals surface area contributed by atoms with Crippen LogP contribution >= 0.6 is 0 Å². The molecule has 4 aromatic rings. The summed E-state index contributed by atoms with van der Waals surface area (Å²) < 4.78 is 22.5. The standard InChI is InChI=1S/C36H36N2O6/c1-21(39)37-27-13-9-7-11-25(27)33(35(37)23-15-17-29(41-3)31(19-23)43-5)34-26-12-8-10-14-28(26)38(22(2)40)36(34)24-16-18-30(42-4)32(20-24)44-6/h7-20,33-36H,1-6H3/t33-,34-,35-,36-/m1/s1. The molecule has 6 rings (SSSR count). The lowest BCUT2D eigenvalue weighted by Crippen LogP contribution is -2.36. The minimum absolute atomic E-state index is 0.0721. The van der Waals surface area contributed by atoms with Crippen LogP contribution in [0.4, 0.5) is 11.4 Å². The van der Waals surface area contributed by atoms with E-state index in [-0.39, 0.29) is 23.7 Å². The Morgan fingerprint density at radius 2 is 0.886 bits per heavy atom. The van der Waals surface area contributed by atoms with Crippen LogP contribution in [0.5, 0.6) is 23.0 Å². The number of carbonyl (C=O) groups excluding carboxylic acids is 2. The molecule has 0 bridgehead atoms. The van der Waals surface area contributed by atoms with Gasteiger partial charge in [-0.25, -0.2) is 0 Å². The van der Waals surface area contributed by atoms with Crippen molar-refractivity contribution in [1.82, 2.24) is 0 Å². The van der Waals surface area contributed by atoms with Gasteiger partial charge < -0.3 is 28.7 Å². The van der Waals surface area contributed by atoms with Gasteiger partial charge in [-0.05, 0) is 58.7 Å². The van der Waals surface area contributed by atoms with Crippen LogP contribution < -0.4 is 28.7 Å². The first-order valence-electron chi connectivity index (χ1n) is 14.6. The summed E-state index contributed by atoms with van der Waals surface area (Å²) in [5.74, 6) is 1.78. The average molecular weight is 593 g/mol. The van der Waals surface area contributed by atoms with Crippen LogP contribution in [0.3, 0.4) is 0 Å². The van der Waals surface area contributed by atoms with Gasteiger partial charge in [0.2, 0.25) is 11.8 Å². The highest BCUT2D eigenvalue weighted by molar-refractivity contribution is 5.98. The maximum Gasteiger partial charge on any atom is 0.224 e. The molecule has 0 N–H and O–H groups in total. The first-order valence-corrected chi connectivity index (χ1v) is 14.6. The number of benzene rings is 4. The van der Waals surface area contributed by atoms with E-state index in [1.54, 1.807) is 42.3 Å². The highest BCUT2D eigenvalue weighted by Crippen LogP contribution is 2.63. The number of fused-ring (bicyclic) bond motifs is 2. The second-order valence-electron chi connectivity index (χ2n) is 11.1. The monoisotopic (exact) mass is 592 g/mol. The van der Waals surface area contributed by atoms with Crippen LogP contribution in [0.2, 0.25) is 0 Å². The Bertz CT molecular complexity index is 1610. The van der Waals surface area contributed by atoms with Gasteiger partial charge in [-0.3, -0.25) is 9.59 Å². The molecule has 0 aromatic heterocycles. The Labute approximate surface area is 257 Å². The Morgan fingerprint density at radius 1 is 0.523 bits per heavy atom. The van der Waals surface area contributed by atoms with Crippen molar-refractivity contribution in [2.45, 2.75) is 37.8 Å². The lowest BCUT2D eigenvalue weighted by atomic mass is 9.73. The predicted molar refractivity (Wildman–Crippen MR) is 169 cm³/mol. The number of amides is 2. The van der Waals surface area contributed by atoms with Gasteiger partial charge in [0, 0.05) is 37.1 Å². The summed E-state index contributed by atoms with van der Waals surface area (Å²) in [6.45, 7) is 3.20. The zero-order chi connectivity index (χ0) is 31.1. The van der Waals surface area contributed by atoms with Crippen molar-refractivity contribution in [1.29, 1.82) is 0 Å². The zero-order valence-corrected chi connectivity index (χ0v) is 25.7. The number of hydrogen-bond acceptors (Lipinski definition) is 6. The maximum absolute atomic E-state index is 13.5. The van der Waals surface area contributed by atoms with Crippen molar-refractivity contribution in [3.8, 4) is 23.0 Å². The van der Waals surface area contributed by atoms with E-state index in [4.69, 9.17) is 18.9 Å².